The van der Waals surface area contributed by atoms with E-state index in [9.17, 15) is 0 Å². The molecule has 3 aromatic rings. The van der Waals surface area contributed by atoms with Crippen LogP contribution in [0.25, 0.3) is 0 Å². The molecule has 9 nitrogen and oxygen atoms in total. The number of para-hydroxylation sites is 1. The van der Waals surface area contributed by atoms with E-state index in [4.69, 9.17) is 11.0 Å². The van der Waals surface area contributed by atoms with Gasteiger partial charge in [0.2, 0.25) is 11.9 Å². The Labute approximate surface area is 131 Å². The van der Waals surface area contributed by atoms with Gasteiger partial charge in [-0.3, -0.25) is 0 Å². The number of aromatic nitrogens is 6. The Morgan fingerprint density at radius 2 is 2.09 bits per heavy atom. The summed E-state index contributed by atoms with van der Waals surface area (Å²) >= 11 is 0. The first kappa shape index (κ1) is 14.4. The number of anilines is 3. The Hall–Kier alpha value is -3.54. The lowest BCUT2D eigenvalue weighted by molar-refractivity contribution is 0.650. The van der Waals surface area contributed by atoms with Gasteiger partial charge in [-0.1, -0.05) is 18.2 Å². The van der Waals surface area contributed by atoms with E-state index < -0.39 is 0 Å². The van der Waals surface area contributed by atoms with Gasteiger partial charge in [0.05, 0.1) is 0 Å². The molecule has 1 aromatic carbocycles. The van der Waals surface area contributed by atoms with Gasteiger partial charge in [-0.25, -0.2) is 9.67 Å². The molecular weight excluding hydrogens is 294 g/mol. The Kier molecular flexibility index (Phi) is 3.80. The highest BCUT2D eigenvalue weighted by molar-refractivity contribution is 5.58. The maximum Gasteiger partial charge on any atom is 0.252 e. The van der Waals surface area contributed by atoms with Crippen molar-refractivity contribution in [3.05, 3.63) is 47.8 Å². The molecule has 3 N–H and O–H groups in total. The molecule has 0 saturated heterocycles. The second-order valence-corrected chi connectivity index (χ2v) is 4.75. The summed E-state index contributed by atoms with van der Waals surface area (Å²) in [7, 11) is 0. The van der Waals surface area contributed by atoms with Crippen molar-refractivity contribution in [2.75, 3.05) is 11.1 Å². The second kappa shape index (κ2) is 6.07. The maximum atomic E-state index is 8.74. The standard InChI is InChI=1S/C14H13N9/c1-9-4-2-3-5-10(9)18-14-20-12(19-13(16)21-14)7-23-8-17-11(6-15)22-23/h2-5,8H,7H2,1H3,(H3,16,18,19,20,21). The average Bonchev–Trinajstić information content (AvgIpc) is 2.96. The predicted molar refractivity (Wildman–Crippen MR) is 82.5 cm³/mol. The van der Waals surface area contributed by atoms with Crippen LogP contribution in [0, 0.1) is 18.3 Å². The van der Waals surface area contributed by atoms with Crippen LogP contribution >= 0.6 is 0 Å². The number of nitrogen functional groups attached to an aromatic ring is 1. The molecule has 0 unspecified atom stereocenters. The van der Waals surface area contributed by atoms with E-state index in [0.29, 0.717) is 11.8 Å². The Bertz CT molecular complexity index is 878. The number of aryl methyl sites for hydroxylation is 1. The van der Waals surface area contributed by atoms with Crippen LogP contribution in [0.15, 0.2) is 30.6 Å². The van der Waals surface area contributed by atoms with E-state index >= 15 is 0 Å². The van der Waals surface area contributed by atoms with E-state index in [-0.39, 0.29) is 18.3 Å². The van der Waals surface area contributed by atoms with Crippen molar-refractivity contribution in [1.29, 1.82) is 5.26 Å². The largest absolute Gasteiger partial charge is 0.368 e. The molecule has 9 heteroatoms. The lowest BCUT2D eigenvalue weighted by Gasteiger charge is -2.09. The quantitative estimate of drug-likeness (QED) is 0.730. The summed E-state index contributed by atoms with van der Waals surface area (Å²) in [5.74, 6) is 0.961. The summed E-state index contributed by atoms with van der Waals surface area (Å²) < 4.78 is 1.46. The van der Waals surface area contributed by atoms with E-state index in [2.05, 4.69) is 30.4 Å². The maximum absolute atomic E-state index is 8.74. The summed E-state index contributed by atoms with van der Waals surface area (Å²) in [6.07, 6.45) is 1.44. The van der Waals surface area contributed by atoms with Gasteiger partial charge in [0.25, 0.3) is 5.82 Å². The van der Waals surface area contributed by atoms with Crippen molar-refractivity contribution >= 4 is 17.6 Å². The molecule has 2 aromatic heterocycles. The number of benzene rings is 1. The summed E-state index contributed by atoms with van der Waals surface area (Å²) in [5, 5.41) is 15.8. The highest BCUT2D eigenvalue weighted by atomic mass is 15.3. The number of hydrogen-bond donors (Lipinski definition) is 2. The predicted octanol–water partition coefficient (Wildman–Crippen LogP) is 1.02. The van der Waals surface area contributed by atoms with Crippen molar-refractivity contribution in [3.63, 3.8) is 0 Å². The van der Waals surface area contributed by atoms with E-state index in [1.54, 1.807) is 0 Å². The van der Waals surface area contributed by atoms with Crippen molar-refractivity contribution in [2.24, 2.45) is 0 Å². The minimum atomic E-state index is 0.0882. The lowest BCUT2D eigenvalue weighted by Crippen LogP contribution is -2.11. The van der Waals surface area contributed by atoms with E-state index in [0.717, 1.165) is 11.3 Å². The van der Waals surface area contributed by atoms with Gasteiger partial charge in [-0.05, 0) is 18.6 Å². The molecule has 0 aliphatic rings. The van der Waals surface area contributed by atoms with Crippen LogP contribution in [0.4, 0.5) is 17.6 Å². The first-order chi connectivity index (χ1) is 11.1. The van der Waals surface area contributed by atoms with Crippen molar-refractivity contribution in [3.8, 4) is 6.07 Å². The second-order valence-electron chi connectivity index (χ2n) is 4.75. The third-order valence-electron chi connectivity index (χ3n) is 3.03. The van der Waals surface area contributed by atoms with Crippen LogP contribution in [-0.2, 0) is 6.54 Å². The van der Waals surface area contributed by atoms with Gasteiger partial charge in [-0.15, -0.1) is 5.10 Å². The fourth-order valence-electron chi connectivity index (χ4n) is 1.97. The molecule has 0 spiro atoms. The number of rotatable bonds is 4. The molecule has 0 atom stereocenters. The van der Waals surface area contributed by atoms with Crippen LogP contribution in [0.1, 0.15) is 17.2 Å². The van der Waals surface area contributed by atoms with Gasteiger partial charge in [0.15, 0.2) is 5.82 Å². The van der Waals surface area contributed by atoms with Crippen molar-refractivity contribution in [2.45, 2.75) is 13.5 Å². The lowest BCUT2D eigenvalue weighted by atomic mass is 10.2. The molecule has 23 heavy (non-hydrogen) atoms. The first-order valence-electron chi connectivity index (χ1n) is 6.76. The van der Waals surface area contributed by atoms with Crippen LogP contribution in [-0.4, -0.2) is 29.7 Å². The van der Waals surface area contributed by atoms with Crippen molar-refractivity contribution < 1.29 is 0 Å². The third-order valence-corrected chi connectivity index (χ3v) is 3.03. The van der Waals surface area contributed by atoms with Crippen LogP contribution in [0.2, 0.25) is 0 Å². The molecular formula is C14H13N9. The summed E-state index contributed by atoms with van der Waals surface area (Å²) in [4.78, 5) is 16.3. The number of nitriles is 1. The smallest absolute Gasteiger partial charge is 0.252 e. The van der Waals surface area contributed by atoms with E-state index in [1.165, 1.54) is 11.0 Å². The van der Waals surface area contributed by atoms with Gasteiger partial charge in [-0.2, -0.15) is 20.2 Å². The molecule has 0 aliphatic heterocycles. The summed E-state index contributed by atoms with van der Waals surface area (Å²) in [6, 6.07) is 9.63. The Balaban J connectivity index is 1.84. The minimum Gasteiger partial charge on any atom is -0.368 e. The summed E-state index contributed by atoms with van der Waals surface area (Å²) in [6.45, 7) is 2.22. The molecule has 0 amide bonds. The molecule has 0 radical (unpaired) electrons. The van der Waals surface area contributed by atoms with Crippen LogP contribution in [0.5, 0.6) is 0 Å². The monoisotopic (exact) mass is 307 g/mol. The number of nitrogens with two attached hydrogens (primary N) is 1. The number of hydrogen-bond acceptors (Lipinski definition) is 8. The minimum absolute atomic E-state index is 0.0882. The molecule has 0 fully saturated rings. The number of nitrogens with zero attached hydrogens (tertiary/aromatic N) is 7. The zero-order valence-corrected chi connectivity index (χ0v) is 12.3. The van der Waals surface area contributed by atoms with E-state index in [1.807, 2.05) is 37.3 Å². The molecule has 2 heterocycles. The molecule has 0 saturated carbocycles. The topological polar surface area (TPSA) is 131 Å². The Morgan fingerprint density at radius 3 is 2.83 bits per heavy atom. The van der Waals surface area contributed by atoms with Gasteiger partial charge < -0.3 is 11.1 Å². The fraction of sp³-hybridized carbons (Fsp3) is 0.143. The van der Waals surface area contributed by atoms with Gasteiger partial charge in [0.1, 0.15) is 18.9 Å². The van der Waals surface area contributed by atoms with Crippen LogP contribution < -0.4 is 11.1 Å². The third kappa shape index (κ3) is 3.38. The first-order valence-corrected chi connectivity index (χ1v) is 6.76. The van der Waals surface area contributed by atoms with Gasteiger partial charge >= 0.3 is 0 Å². The van der Waals surface area contributed by atoms with Crippen molar-refractivity contribution in [1.82, 2.24) is 29.7 Å². The number of nitrogens with one attached hydrogen (secondary N) is 1. The average molecular weight is 307 g/mol. The molecule has 0 aliphatic carbocycles. The zero-order valence-electron chi connectivity index (χ0n) is 12.3. The summed E-state index contributed by atoms with van der Waals surface area (Å²) in [5.41, 5.74) is 7.68. The fourth-order valence-corrected chi connectivity index (χ4v) is 1.97. The Morgan fingerprint density at radius 1 is 1.26 bits per heavy atom. The molecule has 114 valence electrons. The normalized spacial score (nSPS) is 10.3. The van der Waals surface area contributed by atoms with Crippen LogP contribution in [0.3, 0.4) is 0 Å². The van der Waals surface area contributed by atoms with Gasteiger partial charge in [0, 0.05) is 5.69 Å². The highest BCUT2D eigenvalue weighted by Crippen LogP contribution is 2.17. The molecule has 3 rings (SSSR count). The SMILES string of the molecule is Cc1ccccc1Nc1nc(N)nc(Cn2cnc(C#N)n2)n1. The molecule has 0 bridgehead atoms. The zero-order chi connectivity index (χ0) is 16.2. The highest BCUT2D eigenvalue weighted by Gasteiger charge is 2.08.